The Morgan fingerprint density at radius 2 is 2.00 bits per heavy atom. The van der Waals surface area contributed by atoms with Crippen molar-refractivity contribution in [1.82, 2.24) is 0 Å². The number of carboxylic acids is 1. The number of ether oxygens (including phenoxy) is 1. The van der Waals surface area contributed by atoms with E-state index >= 15 is 0 Å². The Morgan fingerprint density at radius 1 is 1.54 bits per heavy atom. The second-order valence-corrected chi connectivity index (χ2v) is 1.74. The minimum atomic E-state index is -0.833. The number of aliphatic carboxylic acids is 1. The Labute approximate surface area is 75.9 Å². The van der Waals surface area contributed by atoms with Crippen molar-refractivity contribution in [3.8, 4) is 0 Å². The Morgan fingerprint density at radius 3 is 2.31 bits per heavy atom. The van der Waals surface area contributed by atoms with Gasteiger partial charge in [0.1, 0.15) is 6.61 Å². The van der Waals surface area contributed by atoms with Crippen molar-refractivity contribution in [3.05, 3.63) is 25.0 Å². The second-order valence-electron chi connectivity index (χ2n) is 1.74. The van der Waals surface area contributed by atoms with Crippen molar-refractivity contribution in [3.63, 3.8) is 0 Å². The van der Waals surface area contributed by atoms with Crippen LogP contribution in [0.15, 0.2) is 25.0 Å². The Hall–Kier alpha value is -1.78. The molecule has 5 nitrogen and oxygen atoms in total. The molecule has 0 atom stereocenters. The highest BCUT2D eigenvalue weighted by molar-refractivity contribution is 5.81. The zero-order valence-electron chi connectivity index (χ0n) is 7.27. The molecule has 0 spiro atoms. The van der Waals surface area contributed by atoms with Gasteiger partial charge in [0.05, 0.1) is 6.26 Å². The predicted octanol–water partition coefficient (Wildman–Crippen LogP) is 0.878. The molecule has 0 fully saturated rings. The Balaban J connectivity index is 0. The summed E-state index contributed by atoms with van der Waals surface area (Å²) in [6.45, 7) is 4.35. The van der Waals surface area contributed by atoms with Crippen molar-refractivity contribution in [2.75, 3.05) is 6.61 Å². The van der Waals surface area contributed by atoms with E-state index in [0.717, 1.165) is 19.3 Å². The number of carboxylic acid groups (broad SMARTS) is 1. The molecule has 0 amide bonds. The van der Waals surface area contributed by atoms with Crippen LogP contribution in [0.3, 0.4) is 0 Å². The SMILES string of the molecule is C=CC(=O)OCC=CO.CC(=O)O. The topological polar surface area (TPSA) is 83.8 Å². The summed E-state index contributed by atoms with van der Waals surface area (Å²) < 4.78 is 4.43. The molecule has 74 valence electrons. The number of rotatable bonds is 3. The summed E-state index contributed by atoms with van der Waals surface area (Å²) in [5.41, 5.74) is 0. The first-order valence-corrected chi connectivity index (χ1v) is 3.32. The largest absolute Gasteiger partial charge is 0.516 e. The van der Waals surface area contributed by atoms with Gasteiger partial charge in [-0.25, -0.2) is 4.79 Å². The molecule has 0 bridgehead atoms. The minimum Gasteiger partial charge on any atom is -0.516 e. The van der Waals surface area contributed by atoms with Crippen LogP contribution in [0.2, 0.25) is 0 Å². The fourth-order valence-electron chi connectivity index (χ4n) is 0.232. The van der Waals surface area contributed by atoms with Gasteiger partial charge in [-0.1, -0.05) is 6.58 Å². The maximum atomic E-state index is 10.2. The van der Waals surface area contributed by atoms with Gasteiger partial charge < -0.3 is 14.9 Å². The van der Waals surface area contributed by atoms with Crippen LogP contribution in [-0.4, -0.2) is 28.8 Å². The van der Waals surface area contributed by atoms with Gasteiger partial charge in [-0.2, -0.15) is 0 Å². The molecule has 5 heteroatoms. The van der Waals surface area contributed by atoms with Gasteiger partial charge in [0.25, 0.3) is 5.97 Å². The number of hydrogen-bond donors (Lipinski definition) is 2. The average molecular weight is 188 g/mol. The zero-order chi connectivity index (χ0) is 10.7. The third-order valence-corrected chi connectivity index (χ3v) is 0.594. The molecule has 0 saturated heterocycles. The number of carbonyl (C=O) groups is 2. The monoisotopic (exact) mass is 188 g/mol. The van der Waals surface area contributed by atoms with Crippen LogP contribution in [0, 0.1) is 0 Å². The fraction of sp³-hybridized carbons (Fsp3) is 0.250. The number of esters is 1. The molecule has 0 saturated carbocycles. The maximum Gasteiger partial charge on any atom is 0.330 e. The smallest absolute Gasteiger partial charge is 0.330 e. The summed E-state index contributed by atoms with van der Waals surface area (Å²) in [5, 5.41) is 15.5. The molecule has 0 aromatic rings. The van der Waals surface area contributed by atoms with E-state index < -0.39 is 11.9 Å². The lowest BCUT2D eigenvalue weighted by Crippen LogP contribution is -1.98. The van der Waals surface area contributed by atoms with E-state index in [-0.39, 0.29) is 6.61 Å². The van der Waals surface area contributed by atoms with Crippen LogP contribution >= 0.6 is 0 Å². The molecule has 0 rings (SSSR count). The van der Waals surface area contributed by atoms with Gasteiger partial charge in [-0.3, -0.25) is 4.79 Å². The summed E-state index contributed by atoms with van der Waals surface area (Å²) in [5.74, 6) is -1.33. The number of aliphatic hydroxyl groups excluding tert-OH is 1. The molecular formula is C8H12O5. The van der Waals surface area contributed by atoms with Gasteiger partial charge in [0.15, 0.2) is 0 Å². The van der Waals surface area contributed by atoms with E-state index in [4.69, 9.17) is 15.0 Å². The summed E-state index contributed by atoms with van der Waals surface area (Å²) in [7, 11) is 0. The van der Waals surface area contributed by atoms with Crippen molar-refractivity contribution in [2.24, 2.45) is 0 Å². The minimum absolute atomic E-state index is 0.0847. The van der Waals surface area contributed by atoms with E-state index in [2.05, 4.69) is 11.3 Å². The number of hydrogen-bond acceptors (Lipinski definition) is 4. The third-order valence-electron chi connectivity index (χ3n) is 0.594. The van der Waals surface area contributed by atoms with Gasteiger partial charge in [0, 0.05) is 13.0 Å². The molecule has 0 aromatic carbocycles. The quantitative estimate of drug-likeness (QED) is 0.390. The summed E-state index contributed by atoms with van der Waals surface area (Å²) in [4.78, 5) is 19.2. The van der Waals surface area contributed by atoms with Gasteiger partial charge in [-0.05, 0) is 6.08 Å². The molecule has 0 aliphatic rings. The average Bonchev–Trinajstić information content (AvgIpc) is 2.03. The lowest BCUT2D eigenvalue weighted by Gasteiger charge is -1.92. The van der Waals surface area contributed by atoms with E-state index in [1.54, 1.807) is 0 Å². The van der Waals surface area contributed by atoms with Gasteiger partial charge in [0.2, 0.25) is 0 Å². The highest BCUT2D eigenvalue weighted by Gasteiger charge is 1.88. The predicted molar refractivity (Wildman–Crippen MR) is 46.2 cm³/mol. The van der Waals surface area contributed by atoms with E-state index in [1.807, 2.05) is 0 Å². The molecule has 0 aliphatic carbocycles. The van der Waals surface area contributed by atoms with Crippen molar-refractivity contribution >= 4 is 11.9 Å². The van der Waals surface area contributed by atoms with Crippen LogP contribution < -0.4 is 0 Å². The molecule has 0 aliphatic heterocycles. The van der Waals surface area contributed by atoms with E-state index in [1.165, 1.54) is 6.08 Å². The van der Waals surface area contributed by atoms with Gasteiger partial charge >= 0.3 is 5.97 Å². The lowest BCUT2D eigenvalue weighted by atomic mass is 10.6. The molecule has 0 radical (unpaired) electrons. The summed E-state index contributed by atoms with van der Waals surface area (Å²) >= 11 is 0. The van der Waals surface area contributed by atoms with Crippen molar-refractivity contribution in [2.45, 2.75) is 6.92 Å². The first kappa shape index (κ1) is 13.8. The highest BCUT2D eigenvalue weighted by Crippen LogP contribution is 1.78. The molecule has 2 N–H and O–H groups in total. The Kier molecular flexibility index (Phi) is 10.8. The van der Waals surface area contributed by atoms with Crippen LogP contribution in [0.5, 0.6) is 0 Å². The first-order chi connectivity index (χ1) is 6.04. The van der Waals surface area contributed by atoms with E-state index in [9.17, 15) is 4.79 Å². The molecule has 0 heterocycles. The normalized spacial score (nSPS) is 8.38. The third kappa shape index (κ3) is 25.3. The summed E-state index contributed by atoms with van der Waals surface area (Å²) in [6, 6.07) is 0. The first-order valence-electron chi connectivity index (χ1n) is 3.32. The molecular weight excluding hydrogens is 176 g/mol. The van der Waals surface area contributed by atoms with Crippen molar-refractivity contribution < 1.29 is 24.5 Å². The maximum absolute atomic E-state index is 10.2. The van der Waals surface area contributed by atoms with E-state index in [0.29, 0.717) is 0 Å². The lowest BCUT2D eigenvalue weighted by molar-refractivity contribution is -0.136. The fourth-order valence-corrected chi connectivity index (χ4v) is 0.232. The standard InChI is InChI=1S/C6H8O3.C2H4O2/c1-2-6(8)9-5-3-4-7;1-2(3)4/h2-4,7H,1,5H2;1H3,(H,3,4). The second kappa shape index (κ2) is 10.2. The van der Waals surface area contributed by atoms with Crippen LogP contribution in [0.25, 0.3) is 0 Å². The molecule has 0 unspecified atom stereocenters. The van der Waals surface area contributed by atoms with Crippen LogP contribution in [-0.2, 0) is 14.3 Å². The zero-order valence-corrected chi connectivity index (χ0v) is 7.27. The Bertz CT molecular complexity index is 191. The summed E-state index contributed by atoms with van der Waals surface area (Å²) in [6.07, 6.45) is 3.18. The highest BCUT2D eigenvalue weighted by atomic mass is 16.5. The van der Waals surface area contributed by atoms with Crippen LogP contribution in [0.1, 0.15) is 6.92 Å². The van der Waals surface area contributed by atoms with Crippen molar-refractivity contribution in [1.29, 1.82) is 0 Å². The molecule has 0 aromatic heterocycles. The van der Waals surface area contributed by atoms with Gasteiger partial charge in [-0.15, -0.1) is 0 Å². The number of carbonyl (C=O) groups excluding carboxylic acids is 1. The van der Waals surface area contributed by atoms with Crippen LogP contribution in [0.4, 0.5) is 0 Å². The molecule has 13 heavy (non-hydrogen) atoms. The number of aliphatic hydroxyl groups is 1.